The van der Waals surface area contributed by atoms with Crippen LogP contribution < -0.4 is 9.64 Å². The molecule has 3 heterocycles. The molecule has 2 aromatic rings. The van der Waals surface area contributed by atoms with Gasteiger partial charge in [0.1, 0.15) is 5.75 Å². The van der Waals surface area contributed by atoms with Crippen LogP contribution in [0.4, 0.5) is 19.2 Å². The van der Waals surface area contributed by atoms with Crippen LogP contribution in [0.15, 0.2) is 28.7 Å². The number of carbonyl (C=O) groups is 1. The number of piperidine rings is 1. The number of rotatable bonds is 4. The van der Waals surface area contributed by atoms with Crippen molar-refractivity contribution in [1.29, 1.82) is 0 Å². The van der Waals surface area contributed by atoms with Gasteiger partial charge in [-0.15, -0.1) is 5.10 Å². The lowest BCUT2D eigenvalue weighted by molar-refractivity contribution is -0.192. The topological polar surface area (TPSA) is 101 Å². The molecule has 2 fully saturated rings. The van der Waals surface area contributed by atoms with Crippen LogP contribution in [-0.4, -0.2) is 77.8 Å². The lowest BCUT2D eigenvalue weighted by Gasteiger charge is -2.47. The van der Waals surface area contributed by atoms with Crippen molar-refractivity contribution in [2.75, 3.05) is 44.8 Å². The minimum Gasteiger partial charge on any atom is -0.497 e. The maximum absolute atomic E-state index is 10.6. The average Bonchev–Trinajstić information content (AvgIpc) is 3.21. The highest BCUT2D eigenvalue weighted by atomic mass is 19.4. The van der Waals surface area contributed by atoms with Gasteiger partial charge in [0.2, 0.25) is 5.89 Å². The predicted molar refractivity (Wildman–Crippen MR) is 111 cm³/mol. The van der Waals surface area contributed by atoms with Crippen molar-refractivity contribution in [3.8, 4) is 5.75 Å². The number of anilines is 1. The second kappa shape index (κ2) is 10.4. The minimum atomic E-state index is -5.08. The Balaban J connectivity index is 0.000000383. The Hall–Kier alpha value is -2.86. The van der Waals surface area contributed by atoms with Gasteiger partial charge in [-0.2, -0.15) is 13.2 Å². The Labute approximate surface area is 189 Å². The number of alkyl halides is 3. The molecular formula is C21H27F3N4O5. The van der Waals surface area contributed by atoms with E-state index in [9.17, 15) is 13.2 Å². The highest BCUT2D eigenvalue weighted by molar-refractivity contribution is 5.73. The summed E-state index contributed by atoms with van der Waals surface area (Å²) in [6.45, 7) is 7.11. The number of benzene rings is 1. The molecule has 182 valence electrons. The van der Waals surface area contributed by atoms with Crippen LogP contribution >= 0.6 is 0 Å². The maximum atomic E-state index is 10.6. The first kappa shape index (κ1) is 24.8. The molecule has 0 bridgehead atoms. The number of nitrogens with zero attached hydrogens (tertiary/aromatic N) is 4. The molecular weight excluding hydrogens is 445 g/mol. The summed E-state index contributed by atoms with van der Waals surface area (Å²) in [6, 6.07) is 8.92. The zero-order chi connectivity index (χ0) is 24.1. The molecule has 12 heteroatoms. The Bertz CT molecular complexity index is 917. The number of halogens is 3. The highest BCUT2D eigenvalue weighted by Gasteiger charge is 2.41. The SMILES string of the molecule is COc1ccc(CN2CCOC3(CCCN(c4nnc(C)o4)C3)C2)cc1.O=C(O)C(F)(F)F. The molecule has 1 aromatic carbocycles. The van der Waals surface area contributed by atoms with Gasteiger partial charge >= 0.3 is 18.2 Å². The Morgan fingerprint density at radius 2 is 1.91 bits per heavy atom. The summed E-state index contributed by atoms with van der Waals surface area (Å²) in [5.41, 5.74) is 1.13. The second-order valence-electron chi connectivity index (χ2n) is 8.02. The molecule has 2 aliphatic heterocycles. The lowest BCUT2D eigenvalue weighted by Crippen LogP contribution is -2.59. The van der Waals surface area contributed by atoms with E-state index in [0.717, 1.165) is 57.9 Å². The average molecular weight is 472 g/mol. The molecule has 1 aromatic heterocycles. The first-order valence-corrected chi connectivity index (χ1v) is 10.4. The van der Waals surface area contributed by atoms with E-state index >= 15 is 0 Å². The van der Waals surface area contributed by atoms with E-state index in [1.54, 1.807) is 7.11 Å². The standard InChI is InChI=1S/C19H26N4O3.C2HF3O2/c1-15-20-21-18(26-15)23-9-3-8-19(14-23)13-22(10-11-25-19)12-16-4-6-17(24-2)7-5-16;3-2(4,5)1(6)7/h4-7H,3,8-14H2,1-2H3;(H,6,7). The highest BCUT2D eigenvalue weighted by Crippen LogP contribution is 2.31. The zero-order valence-electron chi connectivity index (χ0n) is 18.5. The summed E-state index contributed by atoms with van der Waals surface area (Å²) < 4.78 is 48.9. The summed E-state index contributed by atoms with van der Waals surface area (Å²) >= 11 is 0. The van der Waals surface area contributed by atoms with Crippen molar-refractivity contribution < 1.29 is 37.0 Å². The van der Waals surface area contributed by atoms with Crippen LogP contribution in [0.5, 0.6) is 5.75 Å². The third kappa shape index (κ3) is 6.81. The fourth-order valence-corrected chi connectivity index (χ4v) is 3.97. The fraction of sp³-hybridized carbons (Fsp3) is 0.571. The number of carboxylic acid groups (broad SMARTS) is 1. The molecule has 0 amide bonds. The predicted octanol–water partition coefficient (Wildman–Crippen LogP) is 2.89. The quantitative estimate of drug-likeness (QED) is 0.720. The molecule has 0 saturated carbocycles. The van der Waals surface area contributed by atoms with Crippen LogP contribution in [0.3, 0.4) is 0 Å². The molecule has 0 radical (unpaired) electrons. The Morgan fingerprint density at radius 3 is 2.48 bits per heavy atom. The maximum Gasteiger partial charge on any atom is 0.490 e. The molecule has 1 atom stereocenters. The van der Waals surface area contributed by atoms with Crippen molar-refractivity contribution in [3.05, 3.63) is 35.7 Å². The van der Waals surface area contributed by atoms with Crippen LogP contribution in [-0.2, 0) is 16.1 Å². The van der Waals surface area contributed by atoms with Crippen molar-refractivity contribution in [2.45, 2.75) is 38.1 Å². The monoisotopic (exact) mass is 472 g/mol. The van der Waals surface area contributed by atoms with Crippen LogP contribution in [0.25, 0.3) is 0 Å². The summed E-state index contributed by atoms with van der Waals surface area (Å²) in [5, 5.41) is 15.3. The van der Waals surface area contributed by atoms with Crippen molar-refractivity contribution in [3.63, 3.8) is 0 Å². The number of aryl methyl sites for hydroxylation is 1. The normalized spacial score (nSPS) is 21.4. The van der Waals surface area contributed by atoms with Crippen LogP contribution in [0, 0.1) is 6.92 Å². The van der Waals surface area contributed by atoms with Gasteiger partial charge in [-0.25, -0.2) is 4.79 Å². The van der Waals surface area contributed by atoms with E-state index in [2.05, 4.69) is 32.1 Å². The third-order valence-corrected chi connectivity index (χ3v) is 5.46. The number of methoxy groups -OCH3 is 1. The molecule has 4 rings (SSSR count). The van der Waals surface area contributed by atoms with Gasteiger partial charge in [0.15, 0.2) is 0 Å². The summed E-state index contributed by atoms with van der Waals surface area (Å²) in [4.78, 5) is 13.5. The number of ether oxygens (including phenoxy) is 2. The Morgan fingerprint density at radius 1 is 1.21 bits per heavy atom. The summed E-state index contributed by atoms with van der Waals surface area (Å²) in [6.07, 6.45) is -2.95. The first-order valence-electron chi connectivity index (χ1n) is 10.4. The van der Waals surface area contributed by atoms with Crippen molar-refractivity contribution >= 4 is 12.0 Å². The number of hydrogen-bond acceptors (Lipinski definition) is 8. The van der Waals surface area contributed by atoms with Gasteiger partial charge in [-0.05, 0) is 30.5 Å². The molecule has 33 heavy (non-hydrogen) atoms. The zero-order valence-corrected chi connectivity index (χ0v) is 18.5. The van der Waals surface area contributed by atoms with Gasteiger partial charge in [-0.3, -0.25) is 4.90 Å². The molecule has 1 N–H and O–H groups in total. The number of hydrogen-bond donors (Lipinski definition) is 1. The van der Waals surface area contributed by atoms with Gasteiger partial charge in [0.05, 0.1) is 25.9 Å². The van der Waals surface area contributed by atoms with E-state index in [-0.39, 0.29) is 5.60 Å². The van der Waals surface area contributed by atoms with E-state index in [1.807, 2.05) is 19.1 Å². The van der Waals surface area contributed by atoms with E-state index in [4.69, 9.17) is 23.8 Å². The molecule has 2 aliphatic rings. The Kier molecular flexibility index (Phi) is 7.80. The number of carboxylic acids is 1. The van der Waals surface area contributed by atoms with Crippen molar-refractivity contribution in [2.24, 2.45) is 0 Å². The van der Waals surface area contributed by atoms with Crippen molar-refractivity contribution in [1.82, 2.24) is 15.1 Å². The second-order valence-corrected chi connectivity index (χ2v) is 8.02. The molecule has 2 saturated heterocycles. The molecule has 9 nitrogen and oxygen atoms in total. The summed E-state index contributed by atoms with van der Waals surface area (Å²) in [5.74, 6) is -1.26. The summed E-state index contributed by atoms with van der Waals surface area (Å²) in [7, 11) is 1.69. The van der Waals surface area contributed by atoms with Gasteiger partial charge < -0.3 is 23.9 Å². The third-order valence-electron chi connectivity index (χ3n) is 5.46. The number of aromatic nitrogens is 2. The number of aliphatic carboxylic acids is 1. The van der Waals surface area contributed by atoms with Gasteiger partial charge in [0, 0.05) is 33.1 Å². The van der Waals surface area contributed by atoms with Crippen LogP contribution in [0.2, 0.25) is 0 Å². The van der Waals surface area contributed by atoms with Gasteiger partial charge in [0.25, 0.3) is 0 Å². The molecule has 1 spiro atoms. The van der Waals surface area contributed by atoms with E-state index in [1.165, 1.54) is 5.56 Å². The molecule has 0 aliphatic carbocycles. The van der Waals surface area contributed by atoms with E-state index < -0.39 is 12.1 Å². The van der Waals surface area contributed by atoms with E-state index in [0.29, 0.717) is 11.9 Å². The largest absolute Gasteiger partial charge is 0.497 e. The smallest absolute Gasteiger partial charge is 0.490 e. The van der Waals surface area contributed by atoms with Gasteiger partial charge in [-0.1, -0.05) is 17.2 Å². The van der Waals surface area contributed by atoms with Crippen LogP contribution in [0.1, 0.15) is 24.3 Å². The molecule has 1 unspecified atom stereocenters. The minimum absolute atomic E-state index is 0.161. The first-order chi connectivity index (χ1) is 15.6. The number of morpholine rings is 1. The lowest BCUT2D eigenvalue weighted by atomic mass is 9.90. The fourth-order valence-electron chi connectivity index (χ4n) is 3.97.